The van der Waals surface area contributed by atoms with Crippen molar-refractivity contribution >= 4 is 34.2 Å². The van der Waals surface area contributed by atoms with Crippen LogP contribution < -0.4 is 16.4 Å². The molecular weight excluding hydrogens is 647 g/mol. The van der Waals surface area contributed by atoms with Crippen LogP contribution in [0, 0.1) is 48.5 Å². The van der Waals surface area contributed by atoms with E-state index in [0.717, 1.165) is 12.8 Å². The Labute approximate surface area is 323 Å². The maximum atomic E-state index is 2.42. The quantitative estimate of drug-likeness (QED) is 0.115. The van der Waals surface area contributed by atoms with E-state index in [0.29, 0.717) is 0 Å². The minimum atomic E-state index is 0.199. The predicted octanol–water partition coefficient (Wildman–Crippen LogP) is 10.9. The van der Waals surface area contributed by atoms with Gasteiger partial charge in [-0.15, -0.1) is 0 Å². The van der Waals surface area contributed by atoms with Crippen molar-refractivity contribution in [2.75, 3.05) is 0 Å². The molecule has 0 saturated carbocycles. The van der Waals surface area contributed by atoms with Gasteiger partial charge >= 0.3 is 0 Å². The molecule has 0 unspecified atom stereocenters. The Morgan fingerprint density at radius 1 is 0.426 bits per heavy atom. The molecule has 1 heteroatoms. The smallest absolute Gasteiger partial charge is 0.0686 e. The molecular formula is C53H49B. The third-order valence-electron chi connectivity index (χ3n) is 11.6. The van der Waals surface area contributed by atoms with Crippen LogP contribution in [0.2, 0.25) is 0 Å². The van der Waals surface area contributed by atoms with Crippen molar-refractivity contribution < 1.29 is 0 Å². The highest BCUT2D eigenvalue weighted by Crippen LogP contribution is 2.37. The summed E-state index contributed by atoms with van der Waals surface area (Å²) < 4.78 is 0. The van der Waals surface area contributed by atoms with Crippen molar-refractivity contribution in [3.05, 3.63) is 229 Å². The second-order valence-corrected chi connectivity index (χ2v) is 15.8. The molecule has 0 aromatic heterocycles. The highest BCUT2D eigenvalue weighted by atomic mass is 14.2. The lowest BCUT2D eigenvalue weighted by atomic mass is 9.32. The lowest BCUT2D eigenvalue weighted by molar-refractivity contribution is 1.11. The molecule has 8 rings (SSSR count). The minimum absolute atomic E-state index is 0.199. The van der Waals surface area contributed by atoms with E-state index in [4.69, 9.17) is 0 Å². The van der Waals surface area contributed by atoms with Gasteiger partial charge in [0.2, 0.25) is 6.71 Å². The number of rotatable bonds is 7. The molecule has 0 nitrogen and oxygen atoms in total. The second kappa shape index (κ2) is 14.6. The first-order valence-corrected chi connectivity index (χ1v) is 19.5. The Kier molecular flexibility index (Phi) is 9.59. The van der Waals surface area contributed by atoms with Gasteiger partial charge in [-0.1, -0.05) is 190 Å². The number of hydrogen-bond acceptors (Lipinski definition) is 0. The minimum Gasteiger partial charge on any atom is -0.0686 e. The van der Waals surface area contributed by atoms with E-state index >= 15 is 0 Å². The largest absolute Gasteiger partial charge is 0.242 e. The summed E-state index contributed by atoms with van der Waals surface area (Å²) >= 11 is 0. The molecule has 0 saturated heterocycles. The average Bonchev–Trinajstić information content (AvgIpc) is 3.15. The van der Waals surface area contributed by atoms with E-state index in [1.54, 1.807) is 0 Å². The highest BCUT2D eigenvalue weighted by molar-refractivity contribution is 6.97. The number of fused-ring (bicyclic) bond motifs is 2. The summed E-state index contributed by atoms with van der Waals surface area (Å²) in [4.78, 5) is 0. The van der Waals surface area contributed by atoms with E-state index in [-0.39, 0.29) is 6.71 Å². The molecule has 0 amide bonds. The molecule has 0 radical (unpaired) electrons. The SMILES string of the molecule is Cc1cc(C)c(Cc2ccc(C(=C(c3ccccc3)c3ccc(B4c5c(C)cc(C)cc5Cc5cc(C)cc(C)c54)cc3)c3ccccc3)cc2)c(C)c1. The van der Waals surface area contributed by atoms with Crippen molar-refractivity contribution in [1.29, 1.82) is 0 Å². The monoisotopic (exact) mass is 696 g/mol. The van der Waals surface area contributed by atoms with Crippen LogP contribution in [0.3, 0.4) is 0 Å². The average molecular weight is 697 g/mol. The van der Waals surface area contributed by atoms with Crippen molar-refractivity contribution in [3.63, 3.8) is 0 Å². The van der Waals surface area contributed by atoms with Gasteiger partial charge in [0.1, 0.15) is 0 Å². The van der Waals surface area contributed by atoms with Gasteiger partial charge in [0, 0.05) is 0 Å². The Morgan fingerprint density at radius 2 is 0.815 bits per heavy atom. The molecule has 0 fully saturated rings. The van der Waals surface area contributed by atoms with E-state index in [9.17, 15) is 0 Å². The summed E-state index contributed by atoms with van der Waals surface area (Å²) in [5, 5.41) is 0. The van der Waals surface area contributed by atoms with Crippen LogP contribution in [0.15, 0.2) is 146 Å². The summed E-state index contributed by atoms with van der Waals surface area (Å²) in [7, 11) is 0. The van der Waals surface area contributed by atoms with Crippen LogP contribution in [0.25, 0.3) is 11.1 Å². The molecule has 0 bridgehead atoms. The Hall–Kier alpha value is -5.66. The molecule has 7 aromatic rings. The van der Waals surface area contributed by atoms with Crippen LogP contribution in [0.4, 0.5) is 0 Å². The summed E-state index contributed by atoms with van der Waals surface area (Å²) in [6, 6.07) is 54.9. The number of hydrogen-bond donors (Lipinski definition) is 0. The first-order valence-electron chi connectivity index (χ1n) is 19.5. The van der Waals surface area contributed by atoms with E-state index in [1.165, 1.54) is 111 Å². The fourth-order valence-corrected chi connectivity index (χ4v) is 9.38. The van der Waals surface area contributed by atoms with Crippen molar-refractivity contribution in [3.8, 4) is 0 Å². The van der Waals surface area contributed by atoms with Gasteiger partial charge in [-0.05, 0) is 128 Å². The van der Waals surface area contributed by atoms with Crippen LogP contribution in [0.5, 0.6) is 0 Å². The predicted molar refractivity (Wildman–Crippen MR) is 234 cm³/mol. The molecule has 0 N–H and O–H groups in total. The molecule has 0 atom stereocenters. The molecule has 7 aromatic carbocycles. The highest BCUT2D eigenvalue weighted by Gasteiger charge is 2.33. The number of aryl methyl sites for hydroxylation is 7. The van der Waals surface area contributed by atoms with Gasteiger partial charge in [-0.2, -0.15) is 0 Å². The Bertz CT molecular complexity index is 2440. The third-order valence-corrected chi connectivity index (χ3v) is 11.6. The van der Waals surface area contributed by atoms with Gasteiger partial charge in [0.15, 0.2) is 0 Å². The zero-order chi connectivity index (χ0) is 37.5. The summed E-state index contributed by atoms with van der Waals surface area (Å²) in [5.74, 6) is 0. The maximum absolute atomic E-state index is 2.42. The molecule has 1 heterocycles. The van der Waals surface area contributed by atoms with Crippen LogP contribution in [-0.2, 0) is 12.8 Å². The third kappa shape index (κ3) is 6.80. The Morgan fingerprint density at radius 3 is 1.28 bits per heavy atom. The standard InChI is InChI=1S/C53H49B/c1-34-26-37(4)49(38(5)27-34)32-41-18-20-44(21-19-41)50(42-14-10-8-11-15-42)51(43-16-12-9-13-17-43)45-22-24-48(25-23-45)54-52-39(6)28-35(2)30-46(52)33-47-31-36(3)29-40(7)53(47)54/h8-31H,32-33H2,1-7H3. The van der Waals surface area contributed by atoms with Gasteiger partial charge in [-0.3, -0.25) is 0 Å². The normalized spacial score (nSPS) is 12.6. The second-order valence-electron chi connectivity index (χ2n) is 15.8. The van der Waals surface area contributed by atoms with Crippen LogP contribution >= 0.6 is 0 Å². The summed E-state index contributed by atoms with van der Waals surface area (Å²) in [6.07, 6.45) is 1.93. The molecule has 0 spiro atoms. The fraction of sp³-hybridized carbons (Fsp3) is 0.170. The van der Waals surface area contributed by atoms with E-state index in [1.807, 2.05) is 0 Å². The lowest BCUT2D eigenvalue weighted by Gasteiger charge is -2.31. The molecule has 54 heavy (non-hydrogen) atoms. The van der Waals surface area contributed by atoms with Crippen LogP contribution in [0.1, 0.15) is 83.5 Å². The number of benzene rings is 7. The zero-order valence-corrected chi connectivity index (χ0v) is 32.8. The van der Waals surface area contributed by atoms with Crippen molar-refractivity contribution in [1.82, 2.24) is 0 Å². The Balaban J connectivity index is 1.28. The molecule has 1 aliphatic rings. The van der Waals surface area contributed by atoms with Gasteiger partial charge < -0.3 is 0 Å². The molecule has 1 aliphatic heterocycles. The van der Waals surface area contributed by atoms with Crippen molar-refractivity contribution in [2.24, 2.45) is 0 Å². The first-order chi connectivity index (χ1) is 26.1. The van der Waals surface area contributed by atoms with E-state index < -0.39 is 0 Å². The topological polar surface area (TPSA) is 0 Å². The van der Waals surface area contributed by atoms with Gasteiger partial charge in [0.25, 0.3) is 0 Å². The van der Waals surface area contributed by atoms with Crippen molar-refractivity contribution in [2.45, 2.75) is 61.3 Å². The first kappa shape index (κ1) is 35.4. The molecule has 0 aliphatic carbocycles. The summed E-state index contributed by atoms with van der Waals surface area (Å²) in [6.45, 7) is 15.9. The summed E-state index contributed by atoms with van der Waals surface area (Å²) in [5.41, 5.74) is 26.9. The lowest BCUT2D eigenvalue weighted by Crippen LogP contribution is -2.58. The molecule has 264 valence electrons. The van der Waals surface area contributed by atoms with Crippen LogP contribution in [-0.4, -0.2) is 6.71 Å². The zero-order valence-electron chi connectivity index (χ0n) is 32.8. The fourth-order valence-electron chi connectivity index (χ4n) is 9.38. The van der Waals surface area contributed by atoms with Gasteiger partial charge in [-0.25, -0.2) is 0 Å². The van der Waals surface area contributed by atoms with Gasteiger partial charge in [0.05, 0.1) is 0 Å². The maximum Gasteiger partial charge on any atom is 0.242 e. The van der Waals surface area contributed by atoms with E-state index in [2.05, 4.69) is 194 Å².